The van der Waals surface area contributed by atoms with Gasteiger partial charge in [0, 0.05) is 27.1 Å². The van der Waals surface area contributed by atoms with Crippen LogP contribution in [0.25, 0.3) is 21.9 Å². The number of carbonyl (C=O) groups excluding carboxylic acids is 2. The lowest BCUT2D eigenvalue weighted by molar-refractivity contribution is 0.0944. The monoisotopic (exact) mass is 423 g/mol. The Morgan fingerprint density at radius 1 is 0.833 bits per heavy atom. The largest absolute Gasteiger partial charge is 0.456 e. The Hall–Kier alpha value is -3.89. The normalized spacial score (nSPS) is 11.5. The number of furan rings is 1. The average Bonchev–Trinajstić information content (AvgIpc) is 3.15. The molecule has 10 heteroatoms. The van der Waals surface area contributed by atoms with Crippen molar-refractivity contribution in [3.63, 3.8) is 0 Å². The van der Waals surface area contributed by atoms with Crippen molar-refractivity contribution in [1.82, 2.24) is 10.3 Å². The highest BCUT2D eigenvalue weighted by Gasteiger charge is 2.17. The molecule has 0 atom stereocenters. The van der Waals surface area contributed by atoms with Crippen molar-refractivity contribution in [3.05, 3.63) is 82.8 Å². The number of nitrogens with zero attached hydrogens (tertiary/aromatic N) is 1. The summed E-state index contributed by atoms with van der Waals surface area (Å²) in [6.07, 6.45) is 0. The zero-order valence-electron chi connectivity index (χ0n) is 15.2. The second-order valence-electron chi connectivity index (χ2n) is 6.29. The van der Waals surface area contributed by atoms with Crippen LogP contribution in [-0.4, -0.2) is 20.2 Å². The summed E-state index contributed by atoms with van der Waals surface area (Å²) in [7, 11) is -4.10. The molecule has 1 aromatic heterocycles. The van der Waals surface area contributed by atoms with Crippen LogP contribution in [0.15, 0.2) is 81.2 Å². The summed E-state index contributed by atoms with van der Waals surface area (Å²) in [5, 5.41) is 3.82. The molecule has 150 valence electrons. The van der Waals surface area contributed by atoms with E-state index < -0.39 is 21.8 Å². The maximum Gasteiger partial charge on any atom is 0.316 e. The fourth-order valence-corrected chi connectivity index (χ4v) is 3.78. The maximum atomic E-state index is 12.4. The number of hydrogen-bond acceptors (Lipinski definition) is 6. The van der Waals surface area contributed by atoms with E-state index in [4.69, 9.17) is 4.42 Å². The van der Waals surface area contributed by atoms with Crippen molar-refractivity contribution < 1.29 is 22.4 Å². The number of nitroso groups, excluding NO2 is 1. The van der Waals surface area contributed by atoms with E-state index in [-0.39, 0.29) is 16.0 Å². The molecule has 0 saturated heterocycles. The second-order valence-corrected chi connectivity index (χ2v) is 7.97. The van der Waals surface area contributed by atoms with Crippen LogP contribution in [0.2, 0.25) is 0 Å². The molecular weight excluding hydrogens is 410 g/mol. The first-order chi connectivity index (χ1) is 14.4. The quantitative estimate of drug-likeness (QED) is 0.374. The van der Waals surface area contributed by atoms with Crippen molar-refractivity contribution in [1.29, 1.82) is 0 Å². The lowest BCUT2D eigenvalue weighted by Gasteiger charge is -2.09. The summed E-state index contributed by atoms with van der Waals surface area (Å²) < 4.78 is 30.4. The number of rotatable bonds is 5. The third-order valence-electron chi connectivity index (χ3n) is 4.43. The summed E-state index contributed by atoms with van der Waals surface area (Å²) in [5.41, 5.74) is 3.61. The molecule has 2 amide bonds. The first-order valence-electron chi connectivity index (χ1n) is 8.60. The van der Waals surface area contributed by atoms with Gasteiger partial charge in [0.25, 0.3) is 15.9 Å². The van der Waals surface area contributed by atoms with Crippen molar-refractivity contribution in [2.45, 2.75) is 4.90 Å². The standard InChI is InChI=1S/C20H13N3O6S/c24-19(13-7-10-18-16(11-13)15-3-1-2-4-17(15)29-18)21-23-30(27,28)14-8-5-12(6-9-14)20(25)22-26/h1-11,23H,(H,21,24). The number of sulfonamides is 1. The van der Waals surface area contributed by atoms with Gasteiger partial charge < -0.3 is 4.42 Å². The Kier molecular flexibility index (Phi) is 4.86. The van der Waals surface area contributed by atoms with Crippen molar-refractivity contribution >= 4 is 43.8 Å². The van der Waals surface area contributed by atoms with Gasteiger partial charge in [-0.2, -0.15) is 0 Å². The van der Waals surface area contributed by atoms with E-state index in [1.807, 2.05) is 29.1 Å². The van der Waals surface area contributed by atoms with E-state index in [1.165, 1.54) is 6.07 Å². The predicted molar refractivity (Wildman–Crippen MR) is 108 cm³/mol. The number of para-hydroxylation sites is 1. The van der Waals surface area contributed by atoms with Crippen LogP contribution in [0.4, 0.5) is 0 Å². The van der Waals surface area contributed by atoms with Crippen LogP contribution in [0.1, 0.15) is 20.7 Å². The predicted octanol–water partition coefficient (Wildman–Crippen LogP) is 3.12. The molecule has 3 aromatic carbocycles. The van der Waals surface area contributed by atoms with Gasteiger partial charge in [-0.05, 0) is 48.5 Å². The molecule has 0 bridgehead atoms. The minimum atomic E-state index is -4.10. The molecule has 0 fully saturated rings. The van der Waals surface area contributed by atoms with Crippen molar-refractivity contribution in [2.75, 3.05) is 0 Å². The molecule has 30 heavy (non-hydrogen) atoms. The molecule has 0 radical (unpaired) electrons. The summed E-state index contributed by atoms with van der Waals surface area (Å²) >= 11 is 0. The fraction of sp³-hybridized carbons (Fsp3) is 0. The van der Waals surface area contributed by atoms with Crippen molar-refractivity contribution in [3.8, 4) is 0 Å². The van der Waals surface area contributed by atoms with Crippen LogP contribution in [0, 0.1) is 4.91 Å². The Labute approximate surface area is 169 Å². The minimum Gasteiger partial charge on any atom is -0.456 e. The van der Waals surface area contributed by atoms with E-state index >= 15 is 0 Å². The summed E-state index contributed by atoms with van der Waals surface area (Å²) in [6, 6.07) is 16.7. The van der Waals surface area contributed by atoms with E-state index in [1.54, 1.807) is 12.1 Å². The first kappa shape index (κ1) is 19.4. The third kappa shape index (κ3) is 3.56. The molecule has 0 aliphatic rings. The number of fused-ring (bicyclic) bond motifs is 3. The smallest absolute Gasteiger partial charge is 0.316 e. The molecule has 9 nitrogen and oxygen atoms in total. The van der Waals surface area contributed by atoms with Gasteiger partial charge in [-0.1, -0.05) is 18.2 Å². The summed E-state index contributed by atoms with van der Waals surface area (Å²) in [4.78, 5) is 35.7. The fourth-order valence-electron chi connectivity index (χ4n) is 2.94. The maximum absolute atomic E-state index is 12.4. The Morgan fingerprint density at radius 3 is 2.23 bits per heavy atom. The molecule has 0 aliphatic carbocycles. The zero-order valence-corrected chi connectivity index (χ0v) is 16.0. The molecule has 4 rings (SSSR count). The highest BCUT2D eigenvalue weighted by Crippen LogP contribution is 2.29. The zero-order chi connectivity index (χ0) is 21.3. The number of carbonyl (C=O) groups is 2. The second kappa shape index (κ2) is 7.50. The number of nitrogens with one attached hydrogen (secondary N) is 2. The van der Waals surface area contributed by atoms with E-state index in [2.05, 4.69) is 10.6 Å². The van der Waals surface area contributed by atoms with Gasteiger partial charge in [-0.3, -0.25) is 15.0 Å². The highest BCUT2D eigenvalue weighted by molar-refractivity contribution is 7.89. The number of hydrazine groups is 1. The minimum absolute atomic E-state index is 0.0476. The van der Waals surface area contributed by atoms with Gasteiger partial charge in [-0.15, -0.1) is 9.74 Å². The molecular formula is C20H13N3O6S. The Morgan fingerprint density at radius 2 is 1.50 bits per heavy atom. The van der Waals surface area contributed by atoms with Crippen LogP contribution >= 0.6 is 0 Å². The lowest BCUT2D eigenvalue weighted by Crippen LogP contribution is -2.41. The van der Waals surface area contributed by atoms with Gasteiger partial charge >= 0.3 is 5.91 Å². The third-order valence-corrected chi connectivity index (χ3v) is 5.70. The highest BCUT2D eigenvalue weighted by atomic mass is 32.2. The van der Waals surface area contributed by atoms with Crippen LogP contribution < -0.4 is 10.3 Å². The first-order valence-corrected chi connectivity index (χ1v) is 10.1. The summed E-state index contributed by atoms with van der Waals surface area (Å²) in [5.74, 6) is -1.68. The molecule has 0 aliphatic heterocycles. The average molecular weight is 423 g/mol. The lowest BCUT2D eigenvalue weighted by atomic mass is 10.1. The van der Waals surface area contributed by atoms with Gasteiger partial charge in [0.1, 0.15) is 11.2 Å². The number of amides is 2. The van der Waals surface area contributed by atoms with Gasteiger partial charge in [0.2, 0.25) is 0 Å². The van der Waals surface area contributed by atoms with E-state index in [9.17, 15) is 22.9 Å². The van der Waals surface area contributed by atoms with Crippen LogP contribution in [0.3, 0.4) is 0 Å². The Bertz CT molecular complexity index is 1410. The topological polar surface area (TPSA) is 135 Å². The summed E-state index contributed by atoms with van der Waals surface area (Å²) in [6.45, 7) is 0. The molecule has 0 saturated carbocycles. The molecule has 1 heterocycles. The molecule has 2 N–H and O–H groups in total. The van der Waals surface area contributed by atoms with Gasteiger partial charge in [0.05, 0.1) is 4.90 Å². The van der Waals surface area contributed by atoms with Crippen LogP contribution in [0.5, 0.6) is 0 Å². The number of hydrogen-bond donors (Lipinski definition) is 2. The van der Waals surface area contributed by atoms with Gasteiger partial charge in [-0.25, -0.2) is 8.42 Å². The molecule has 4 aromatic rings. The molecule has 0 spiro atoms. The van der Waals surface area contributed by atoms with Crippen molar-refractivity contribution in [2.24, 2.45) is 5.18 Å². The van der Waals surface area contributed by atoms with Crippen LogP contribution in [-0.2, 0) is 10.0 Å². The number of benzene rings is 3. The molecule has 0 unspecified atom stereocenters. The van der Waals surface area contributed by atoms with Gasteiger partial charge in [0.15, 0.2) is 0 Å². The van der Waals surface area contributed by atoms with E-state index in [0.29, 0.717) is 11.2 Å². The van der Waals surface area contributed by atoms with E-state index in [0.717, 1.165) is 35.0 Å². The SMILES string of the molecule is O=NC(=O)c1ccc(S(=O)(=O)NNC(=O)c2ccc3oc4ccccc4c3c2)cc1. The Balaban J connectivity index is 1.53.